The zero-order valence-electron chi connectivity index (χ0n) is 12.3. The van der Waals surface area contributed by atoms with Crippen molar-refractivity contribution in [3.05, 3.63) is 45.7 Å². The summed E-state index contributed by atoms with van der Waals surface area (Å²) >= 11 is 0. The fourth-order valence-corrected chi connectivity index (χ4v) is 2.73. The first-order valence-corrected chi connectivity index (χ1v) is 8.32. The molecule has 1 aromatic carbocycles. The second-order valence-corrected chi connectivity index (χ2v) is 6.47. The van der Waals surface area contributed by atoms with Gasteiger partial charge in [-0.15, -0.1) is 0 Å². The van der Waals surface area contributed by atoms with Gasteiger partial charge in [-0.2, -0.15) is 0 Å². The third-order valence-corrected chi connectivity index (χ3v) is 4.22. The van der Waals surface area contributed by atoms with E-state index in [1.165, 1.54) is 0 Å². The highest BCUT2D eigenvalue weighted by molar-refractivity contribution is 7.84. The van der Waals surface area contributed by atoms with E-state index in [0.717, 1.165) is 10.9 Å². The molecule has 1 heterocycles. The van der Waals surface area contributed by atoms with Crippen LogP contribution >= 0.6 is 0 Å². The van der Waals surface area contributed by atoms with Crippen LogP contribution in [-0.2, 0) is 17.8 Å². The van der Waals surface area contributed by atoms with Crippen molar-refractivity contribution in [2.45, 2.75) is 6.92 Å². The predicted octanol–water partition coefficient (Wildman–Crippen LogP) is 0.955. The normalized spacial score (nSPS) is 12.3. The highest BCUT2D eigenvalue weighted by Crippen LogP contribution is 2.19. The topological polar surface area (TPSA) is 68.2 Å². The monoisotopic (exact) mass is 306 g/mol. The minimum atomic E-state index is -0.959. The Balaban J connectivity index is 2.50. The van der Waals surface area contributed by atoms with Gasteiger partial charge in [0, 0.05) is 47.4 Å². The van der Waals surface area contributed by atoms with Crippen molar-refractivity contribution in [1.29, 1.82) is 0 Å². The molecule has 6 heteroatoms. The van der Waals surface area contributed by atoms with Gasteiger partial charge in [0.1, 0.15) is 0 Å². The Morgan fingerprint density at radius 3 is 2.67 bits per heavy atom. The molecule has 5 nitrogen and oxygen atoms in total. The molecular weight excluding hydrogens is 288 g/mol. The number of aryl methyl sites for hydroxylation is 1. The van der Waals surface area contributed by atoms with E-state index in [2.05, 4.69) is 5.32 Å². The molecule has 1 atom stereocenters. The van der Waals surface area contributed by atoms with Crippen LogP contribution in [0, 0.1) is 6.92 Å². The van der Waals surface area contributed by atoms with Gasteiger partial charge >= 0.3 is 0 Å². The lowest BCUT2D eigenvalue weighted by molar-refractivity contribution is 0.0957. The molecule has 0 saturated carbocycles. The van der Waals surface area contributed by atoms with Crippen molar-refractivity contribution in [1.82, 2.24) is 9.88 Å². The van der Waals surface area contributed by atoms with Crippen LogP contribution in [0.25, 0.3) is 10.9 Å². The van der Waals surface area contributed by atoms with Crippen molar-refractivity contribution in [3.8, 4) is 0 Å². The quantitative estimate of drug-likeness (QED) is 0.914. The Labute approximate surface area is 125 Å². The summed E-state index contributed by atoms with van der Waals surface area (Å²) in [6, 6.07) is 7.31. The van der Waals surface area contributed by atoms with Gasteiger partial charge in [-0.3, -0.25) is 13.8 Å². The van der Waals surface area contributed by atoms with Gasteiger partial charge in [-0.1, -0.05) is 18.2 Å². The summed E-state index contributed by atoms with van der Waals surface area (Å²) in [5.41, 5.74) is 1.36. The number of hydrogen-bond acceptors (Lipinski definition) is 3. The SMILES string of the molecule is Cc1c(C(=O)NCCS(C)=O)c2ccccc2n(C)c1=O. The van der Waals surface area contributed by atoms with Gasteiger partial charge in [-0.25, -0.2) is 0 Å². The van der Waals surface area contributed by atoms with Gasteiger partial charge in [0.25, 0.3) is 11.5 Å². The Bertz CT molecular complexity index is 780. The molecule has 112 valence electrons. The van der Waals surface area contributed by atoms with Crippen molar-refractivity contribution in [2.24, 2.45) is 7.05 Å². The maximum absolute atomic E-state index is 12.4. The fourth-order valence-electron chi connectivity index (χ4n) is 2.34. The second kappa shape index (κ2) is 6.22. The number of para-hydroxylation sites is 1. The molecule has 1 aromatic heterocycles. The minimum Gasteiger partial charge on any atom is -0.351 e. The average molecular weight is 306 g/mol. The van der Waals surface area contributed by atoms with Crippen LogP contribution in [-0.4, -0.2) is 33.2 Å². The van der Waals surface area contributed by atoms with Gasteiger partial charge in [0.2, 0.25) is 0 Å². The molecule has 1 N–H and O–H groups in total. The first kappa shape index (κ1) is 15.4. The van der Waals surface area contributed by atoms with Crippen molar-refractivity contribution in [2.75, 3.05) is 18.6 Å². The molecule has 0 radical (unpaired) electrons. The molecule has 0 bridgehead atoms. The molecule has 1 amide bonds. The number of aromatic nitrogens is 1. The molecule has 21 heavy (non-hydrogen) atoms. The number of hydrogen-bond donors (Lipinski definition) is 1. The largest absolute Gasteiger partial charge is 0.351 e. The molecule has 0 fully saturated rings. The van der Waals surface area contributed by atoms with Crippen molar-refractivity contribution >= 4 is 27.6 Å². The highest BCUT2D eigenvalue weighted by Gasteiger charge is 2.17. The number of carbonyl (C=O) groups is 1. The zero-order valence-corrected chi connectivity index (χ0v) is 13.1. The first-order valence-electron chi connectivity index (χ1n) is 6.60. The second-order valence-electron chi connectivity index (χ2n) is 4.91. The number of rotatable bonds is 4. The van der Waals surface area contributed by atoms with Crippen LogP contribution in [0.5, 0.6) is 0 Å². The summed E-state index contributed by atoms with van der Waals surface area (Å²) in [7, 11) is 0.735. The van der Waals surface area contributed by atoms with Gasteiger partial charge in [0.15, 0.2) is 0 Å². The van der Waals surface area contributed by atoms with E-state index in [-0.39, 0.29) is 11.5 Å². The minimum absolute atomic E-state index is 0.182. The van der Waals surface area contributed by atoms with Crippen LogP contribution in [0.15, 0.2) is 29.1 Å². The van der Waals surface area contributed by atoms with E-state index in [1.807, 2.05) is 24.3 Å². The van der Waals surface area contributed by atoms with Gasteiger partial charge in [0.05, 0.1) is 11.1 Å². The van der Waals surface area contributed by atoms with E-state index in [0.29, 0.717) is 23.4 Å². The fraction of sp³-hybridized carbons (Fsp3) is 0.333. The van der Waals surface area contributed by atoms with Crippen LogP contribution in [0.4, 0.5) is 0 Å². The molecule has 0 aliphatic heterocycles. The van der Waals surface area contributed by atoms with Gasteiger partial charge in [-0.05, 0) is 13.0 Å². The van der Waals surface area contributed by atoms with E-state index >= 15 is 0 Å². The molecule has 2 aromatic rings. The molecule has 0 aliphatic rings. The predicted molar refractivity (Wildman–Crippen MR) is 85.2 cm³/mol. The number of fused-ring (bicyclic) bond motifs is 1. The summed E-state index contributed by atoms with van der Waals surface area (Å²) in [6.45, 7) is 1.98. The summed E-state index contributed by atoms with van der Waals surface area (Å²) in [5, 5.41) is 3.47. The van der Waals surface area contributed by atoms with Crippen molar-refractivity contribution < 1.29 is 9.00 Å². The zero-order chi connectivity index (χ0) is 15.6. The Hall–Kier alpha value is -1.95. The molecule has 2 rings (SSSR count). The van der Waals surface area contributed by atoms with Crippen molar-refractivity contribution in [3.63, 3.8) is 0 Å². The molecule has 1 unspecified atom stereocenters. The maximum atomic E-state index is 12.4. The third kappa shape index (κ3) is 3.05. The Kier molecular flexibility index (Phi) is 4.57. The maximum Gasteiger partial charge on any atom is 0.254 e. The standard InChI is InChI=1S/C15H18N2O3S/c1-10-13(14(18)16-8-9-21(3)20)11-6-4-5-7-12(11)17(2)15(10)19/h4-7H,8-9H2,1-3H3,(H,16,18). The van der Waals surface area contributed by atoms with Gasteiger partial charge < -0.3 is 9.88 Å². The van der Waals surface area contributed by atoms with E-state index in [9.17, 15) is 13.8 Å². The van der Waals surface area contributed by atoms with E-state index in [4.69, 9.17) is 0 Å². The smallest absolute Gasteiger partial charge is 0.254 e. The summed E-state index contributed by atoms with van der Waals surface area (Å²) in [4.78, 5) is 24.6. The number of nitrogens with zero attached hydrogens (tertiary/aromatic N) is 1. The molecule has 0 spiro atoms. The Morgan fingerprint density at radius 2 is 2.00 bits per heavy atom. The number of pyridine rings is 1. The lowest BCUT2D eigenvalue weighted by Crippen LogP contribution is -2.31. The van der Waals surface area contributed by atoms with Crippen LogP contribution in [0.1, 0.15) is 15.9 Å². The van der Waals surface area contributed by atoms with Crippen LogP contribution in [0.2, 0.25) is 0 Å². The summed E-state index contributed by atoms with van der Waals surface area (Å²) < 4.78 is 12.6. The highest BCUT2D eigenvalue weighted by atomic mass is 32.2. The summed E-state index contributed by atoms with van der Waals surface area (Å²) in [6.07, 6.45) is 1.59. The van der Waals surface area contributed by atoms with E-state index in [1.54, 1.807) is 24.8 Å². The number of amides is 1. The first-order chi connectivity index (χ1) is 9.93. The third-order valence-electron chi connectivity index (χ3n) is 3.44. The molecular formula is C15H18N2O3S. The summed E-state index contributed by atoms with van der Waals surface area (Å²) in [5.74, 6) is 0.0972. The number of carbonyl (C=O) groups excluding carboxylic acids is 1. The number of nitrogens with one attached hydrogen (secondary N) is 1. The van der Waals surface area contributed by atoms with E-state index < -0.39 is 10.8 Å². The molecule has 0 saturated heterocycles. The average Bonchev–Trinajstić information content (AvgIpc) is 2.45. The number of benzene rings is 1. The van der Waals surface area contributed by atoms with Crippen LogP contribution < -0.4 is 10.9 Å². The van der Waals surface area contributed by atoms with Crippen LogP contribution in [0.3, 0.4) is 0 Å². The lowest BCUT2D eigenvalue weighted by Gasteiger charge is -2.13. The lowest BCUT2D eigenvalue weighted by atomic mass is 10.0. The molecule has 0 aliphatic carbocycles. The Morgan fingerprint density at radius 1 is 1.33 bits per heavy atom.